The van der Waals surface area contributed by atoms with Gasteiger partial charge in [-0.3, -0.25) is 4.79 Å². The van der Waals surface area contributed by atoms with E-state index in [0.717, 1.165) is 16.9 Å². The first-order valence-electron chi connectivity index (χ1n) is 5.59. The zero-order valence-electron chi connectivity index (χ0n) is 10.3. The summed E-state index contributed by atoms with van der Waals surface area (Å²) >= 11 is 5.96. The Morgan fingerprint density at radius 3 is 2.72 bits per heavy atom. The molecule has 0 radical (unpaired) electrons. The highest BCUT2D eigenvalue weighted by atomic mass is 35.5. The number of aryl methyl sites for hydroxylation is 1. The molecule has 4 heteroatoms. The molecular weight excluding hydrogens is 250 g/mol. The second-order valence-electron chi connectivity index (χ2n) is 4.13. The molecule has 0 saturated carbocycles. The van der Waals surface area contributed by atoms with Gasteiger partial charge >= 0.3 is 0 Å². The van der Waals surface area contributed by atoms with Crippen LogP contribution in [0.3, 0.4) is 0 Å². The second kappa shape index (κ2) is 5.27. The van der Waals surface area contributed by atoms with Gasteiger partial charge in [0, 0.05) is 22.8 Å². The van der Waals surface area contributed by atoms with Crippen LogP contribution in [0.4, 0.5) is 0 Å². The van der Waals surface area contributed by atoms with Gasteiger partial charge in [-0.2, -0.15) is 0 Å². The number of methoxy groups -OCH3 is 1. The van der Waals surface area contributed by atoms with Crippen LogP contribution in [0.2, 0.25) is 5.02 Å². The van der Waals surface area contributed by atoms with Crippen LogP contribution in [0.25, 0.3) is 0 Å². The minimum Gasteiger partial charge on any atom is -0.496 e. The summed E-state index contributed by atoms with van der Waals surface area (Å²) < 4.78 is 6.89. The van der Waals surface area contributed by atoms with E-state index < -0.39 is 0 Å². The molecule has 0 spiro atoms. The van der Waals surface area contributed by atoms with E-state index in [0.29, 0.717) is 11.6 Å². The van der Waals surface area contributed by atoms with E-state index in [1.807, 2.05) is 19.1 Å². The number of benzene rings is 1. The molecule has 0 bridgehead atoms. The molecule has 18 heavy (non-hydrogen) atoms. The number of hydrogen-bond acceptors (Lipinski definition) is 2. The van der Waals surface area contributed by atoms with Crippen molar-refractivity contribution in [2.45, 2.75) is 13.5 Å². The maximum Gasteiger partial charge on any atom is 0.251 e. The standard InChI is InChI=1S/C14H14ClNO2/c1-10-5-6-16(14(17)7-10)9-11-8-12(15)3-4-13(11)18-2/h3-8H,9H2,1-2H3. The monoisotopic (exact) mass is 263 g/mol. The summed E-state index contributed by atoms with van der Waals surface area (Å²) in [5, 5.41) is 0.631. The fraction of sp³-hybridized carbons (Fsp3) is 0.214. The predicted octanol–water partition coefficient (Wildman–Crippen LogP) is 2.87. The number of hydrogen-bond donors (Lipinski definition) is 0. The maximum absolute atomic E-state index is 11.8. The highest BCUT2D eigenvalue weighted by molar-refractivity contribution is 6.30. The van der Waals surface area contributed by atoms with E-state index in [2.05, 4.69) is 0 Å². The van der Waals surface area contributed by atoms with Gasteiger partial charge in [-0.15, -0.1) is 0 Å². The molecule has 0 aliphatic heterocycles. The quantitative estimate of drug-likeness (QED) is 0.853. The number of nitrogens with zero attached hydrogens (tertiary/aromatic N) is 1. The smallest absolute Gasteiger partial charge is 0.251 e. The van der Waals surface area contributed by atoms with Crippen LogP contribution in [0, 0.1) is 6.92 Å². The summed E-state index contributed by atoms with van der Waals surface area (Å²) in [6.07, 6.45) is 1.78. The Labute approximate surface area is 111 Å². The van der Waals surface area contributed by atoms with Gasteiger partial charge in [-0.25, -0.2) is 0 Å². The van der Waals surface area contributed by atoms with Crippen LogP contribution in [0.1, 0.15) is 11.1 Å². The first kappa shape index (κ1) is 12.7. The van der Waals surface area contributed by atoms with E-state index >= 15 is 0 Å². The molecule has 0 N–H and O–H groups in total. The normalized spacial score (nSPS) is 10.4. The Bertz CT molecular complexity index is 619. The maximum atomic E-state index is 11.8. The molecule has 1 aromatic carbocycles. The summed E-state index contributed by atoms with van der Waals surface area (Å²) in [4.78, 5) is 11.8. The fourth-order valence-corrected chi connectivity index (χ4v) is 1.99. The van der Waals surface area contributed by atoms with Gasteiger partial charge in [0.1, 0.15) is 5.75 Å². The first-order chi connectivity index (χ1) is 8.60. The highest BCUT2D eigenvalue weighted by Crippen LogP contribution is 2.23. The molecule has 0 atom stereocenters. The van der Waals surface area contributed by atoms with Crippen LogP contribution < -0.4 is 10.3 Å². The molecule has 0 unspecified atom stereocenters. The average molecular weight is 264 g/mol. The molecule has 1 heterocycles. The van der Waals surface area contributed by atoms with Crippen LogP contribution in [-0.4, -0.2) is 11.7 Å². The molecule has 1 aromatic heterocycles. The molecule has 0 aliphatic rings. The van der Waals surface area contributed by atoms with E-state index in [1.165, 1.54) is 0 Å². The van der Waals surface area contributed by atoms with Crippen molar-refractivity contribution in [1.82, 2.24) is 4.57 Å². The van der Waals surface area contributed by atoms with Crippen molar-refractivity contribution < 1.29 is 4.74 Å². The van der Waals surface area contributed by atoms with Gasteiger partial charge in [0.15, 0.2) is 0 Å². The molecular formula is C14H14ClNO2. The van der Waals surface area contributed by atoms with Crippen molar-refractivity contribution in [2.24, 2.45) is 0 Å². The lowest BCUT2D eigenvalue weighted by Crippen LogP contribution is -2.19. The van der Waals surface area contributed by atoms with Gasteiger partial charge in [-0.05, 0) is 36.8 Å². The second-order valence-corrected chi connectivity index (χ2v) is 4.56. The molecule has 0 amide bonds. The lowest BCUT2D eigenvalue weighted by molar-refractivity contribution is 0.408. The molecule has 2 rings (SSSR count). The third-order valence-electron chi connectivity index (χ3n) is 2.73. The fourth-order valence-electron chi connectivity index (χ4n) is 1.79. The molecule has 2 aromatic rings. The van der Waals surface area contributed by atoms with E-state index in [9.17, 15) is 4.79 Å². The molecule has 3 nitrogen and oxygen atoms in total. The minimum absolute atomic E-state index is 0.0305. The van der Waals surface area contributed by atoms with Crippen LogP contribution in [0.15, 0.2) is 41.3 Å². The van der Waals surface area contributed by atoms with Crippen molar-refractivity contribution in [3.8, 4) is 5.75 Å². The Balaban J connectivity index is 2.39. The summed E-state index contributed by atoms with van der Waals surface area (Å²) in [5.74, 6) is 0.729. The lowest BCUT2D eigenvalue weighted by Gasteiger charge is -2.11. The third-order valence-corrected chi connectivity index (χ3v) is 2.97. The van der Waals surface area contributed by atoms with Gasteiger partial charge < -0.3 is 9.30 Å². The number of aromatic nitrogens is 1. The minimum atomic E-state index is -0.0305. The first-order valence-corrected chi connectivity index (χ1v) is 5.97. The lowest BCUT2D eigenvalue weighted by atomic mass is 10.2. The van der Waals surface area contributed by atoms with Gasteiger partial charge in [-0.1, -0.05) is 11.6 Å². The molecule has 0 aliphatic carbocycles. The topological polar surface area (TPSA) is 31.2 Å². The van der Waals surface area contributed by atoms with Crippen molar-refractivity contribution in [2.75, 3.05) is 7.11 Å². The zero-order chi connectivity index (χ0) is 13.1. The highest BCUT2D eigenvalue weighted by Gasteiger charge is 2.05. The van der Waals surface area contributed by atoms with Crippen molar-refractivity contribution >= 4 is 11.6 Å². The van der Waals surface area contributed by atoms with Crippen LogP contribution >= 0.6 is 11.6 Å². The van der Waals surface area contributed by atoms with Crippen molar-refractivity contribution in [3.63, 3.8) is 0 Å². The number of ether oxygens (including phenoxy) is 1. The van der Waals surface area contributed by atoms with Gasteiger partial charge in [0.2, 0.25) is 0 Å². The summed E-state index contributed by atoms with van der Waals surface area (Å²) in [5.41, 5.74) is 1.81. The third kappa shape index (κ3) is 2.74. The summed E-state index contributed by atoms with van der Waals surface area (Å²) in [6.45, 7) is 2.34. The number of halogens is 1. The molecule has 0 saturated heterocycles. The Morgan fingerprint density at radius 2 is 2.06 bits per heavy atom. The van der Waals surface area contributed by atoms with E-state index in [1.54, 1.807) is 36.1 Å². The van der Waals surface area contributed by atoms with Crippen LogP contribution in [-0.2, 0) is 6.54 Å². The molecule has 0 fully saturated rings. The average Bonchev–Trinajstić information content (AvgIpc) is 2.33. The van der Waals surface area contributed by atoms with E-state index in [4.69, 9.17) is 16.3 Å². The Morgan fingerprint density at radius 1 is 1.28 bits per heavy atom. The van der Waals surface area contributed by atoms with Gasteiger partial charge in [0.25, 0.3) is 5.56 Å². The van der Waals surface area contributed by atoms with Crippen molar-refractivity contribution in [3.05, 3.63) is 63.0 Å². The number of rotatable bonds is 3. The number of pyridine rings is 1. The van der Waals surface area contributed by atoms with E-state index in [-0.39, 0.29) is 5.56 Å². The molecule has 94 valence electrons. The Hall–Kier alpha value is -1.74. The SMILES string of the molecule is COc1ccc(Cl)cc1Cn1ccc(C)cc1=O. The van der Waals surface area contributed by atoms with Crippen LogP contribution in [0.5, 0.6) is 5.75 Å². The largest absolute Gasteiger partial charge is 0.496 e. The van der Waals surface area contributed by atoms with Crippen molar-refractivity contribution in [1.29, 1.82) is 0 Å². The predicted molar refractivity (Wildman–Crippen MR) is 72.5 cm³/mol. The van der Waals surface area contributed by atoms with Gasteiger partial charge in [0.05, 0.1) is 13.7 Å². The summed E-state index contributed by atoms with van der Waals surface area (Å²) in [6, 6.07) is 8.89. The summed E-state index contributed by atoms with van der Waals surface area (Å²) in [7, 11) is 1.60. The Kier molecular flexibility index (Phi) is 3.72. The zero-order valence-corrected chi connectivity index (χ0v) is 11.1.